The van der Waals surface area contributed by atoms with Crippen molar-refractivity contribution in [2.75, 3.05) is 13.2 Å². The highest BCUT2D eigenvalue weighted by Crippen LogP contribution is 2.28. The van der Waals surface area contributed by atoms with Gasteiger partial charge in [-0.1, -0.05) is 64.3 Å². The summed E-state index contributed by atoms with van der Waals surface area (Å²) in [4.78, 5) is 27.1. The first-order chi connectivity index (χ1) is 13.9. The summed E-state index contributed by atoms with van der Waals surface area (Å²) >= 11 is 15.8. The van der Waals surface area contributed by atoms with Crippen molar-refractivity contribution >= 4 is 50.9 Å². The van der Waals surface area contributed by atoms with Gasteiger partial charge >= 0.3 is 0 Å². The average Bonchev–Trinajstić information content (AvgIpc) is 2.68. The van der Waals surface area contributed by atoms with Crippen molar-refractivity contribution in [2.45, 2.75) is 32.9 Å². The number of amides is 2. The van der Waals surface area contributed by atoms with Crippen LogP contribution in [0.1, 0.15) is 25.8 Å². The van der Waals surface area contributed by atoms with Gasteiger partial charge in [-0.25, -0.2) is 0 Å². The molecule has 8 heteroatoms. The predicted molar refractivity (Wildman–Crippen MR) is 119 cm³/mol. The third-order valence-corrected chi connectivity index (χ3v) is 5.44. The first kappa shape index (κ1) is 23.5. The lowest BCUT2D eigenvalue weighted by Crippen LogP contribution is -2.50. The van der Waals surface area contributed by atoms with Crippen molar-refractivity contribution in [3.8, 4) is 5.75 Å². The van der Waals surface area contributed by atoms with Crippen molar-refractivity contribution in [3.63, 3.8) is 0 Å². The summed E-state index contributed by atoms with van der Waals surface area (Å²) < 4.78 is 6.44. The van der Waals surface area contributed by atoms with E-state index in [0.29, 0.717) is 28.8 Å². The molecule has 0 aliphatic rings. The highest BCUT2D eigenvalue weighted by molar-refractivity contribution is 9.10. The first-order valence-electron chi connectivity index (χ1n) is 9.25. The molecule has 0 fully saturated rings. The van der Waals surface area contributed by atoms with Crippen molar-refractivity contribution in [1.82, 2.24) is 10.2 Å². The summed E-state index contributed by atoms with van der Waals surface area (Å²) in [6.07, 6.45) is 0.459. The molecule has 29 heavy (non-hydrogen) atoms. The molecule has 1 unspecified atom stereocenters. The second kappa shape index (κ2) is 11.4. The van der Waals surface area contributed by atoms with Crippen molar-refractivity contribution in [2.24, 2.45) is 0 Å². The van der Waals surface area contributed by atoms with E-state index in [1.54, 1.807) is 24.3 Å². The Morgan fingerprint density at radius 2 is 1.86 bits per heavy atom. The number of ether oxygens (including phenoxy) is 1. The maximum atomic E-state index is 13.0. The van der Waals surface area contributed by atoms with Gasteiger partial charge in [0.2, 0.25) is 5.91 Å². The van der Waals surface area contributed by atoms with Gasteiger partial charge in [0.1, 0.15) is 11.8 Å². The fraction of sp³-hybridized carbons (Fsp3) is 0.333. The van der Waals surface area contributed by atoms with E-state index in [-0.39, 0.29) is 25.0 Å². The largest absolute Gasteiger partial charge is 0.482 e. The van der Waals surface area contributed by atoms with E-state index in [2.05, 4.69) is 21.2 Å². The molecule has 0 saturated heterocycles. The number of halogens is 3. The van der Waals surface area contributed by atoms with Gasteiger partial charge in [-0.05, 0) is 43.2 Å². The van der Waals surface area contributed by atoms with Crippen LogP contribution in [0.5, 0.6) is 5.75 Å². The van der Waals surface area contributed by atoms with E-state index in [9.17, 15) is 9.59 Å². The Kier molecular flexibility index (Phi) is 9.27. The topological polar surface area (TPSA) is 58.6 Å². The first-order valence-corrected chi connectivity index (χ1v) is 10.8. The summed E-state index contributed by atoms with van der Waals surface area (Å²) in [5.41, 5.74) is 0.756. The van der Waals surface area contributed by atoms with Crippen LogP contribution >= 0.6 is 39.1 Å². The van der Waals surface area contributed by atoms with E-state index in [0.717, 1.165) is 10.0 Å². The number of nitrogens with zero attached hydrogens (tertiary/aromatic N) is 1. The minimum absolute atomic E-state index is 0.200. The van der Waals surface area contributed by atoms with Crippen LogP contribution < -0.4 is 10.1 Å². The molecule has 0 saturated carbocycles. The van der Waals surface area contributed by atoms with Gasteiger partial charge in [0.05, 0.1) is 5.02 Å². The number of hydrogen-bond donors (Lipinski definition) is 1. The number of hydrogen-bond acceptors (Lipinski definition) is 3. The van der Waals surface area contributed by atoms with Crippen molar-refractivity contribution in [3.05, 3.63) is 62.5 Å². The Labute approximate surface area is 189 Å². The van der Waals surface area contributed by atoms with Crippen LogP contribution in [-0.4, -0.2) is 35.9 Å². The number of carbonyl (C=O) groups is 2. The number of nitrogens with one attached hydrogen (secondary N) is 1. The van der Waals surface area contributed by atoms with Crippen molar-refractivity contribution in [1.29, 1.82) is 0 Å². The van der Waals surface area contributed by atoms with Crippen LogP contribution in [0.4, 0.5) is 0 Å². The number of carbonyl (C=O) groups excluding carboxylic acids is 2. The van der Waals surface area contributed by atoms with E-state index in [1.165, 1.54) is 4.90 Å². The van der Waals surface area contributed by atoms with Gasteiger partial charge in [0, 0.05) is 22.6 Å². The minimum atomic E-state index is -0.636. The monoisotopic (exact) mass is 500 g/mol. The van der Waals surface area contributed by atoms with Crippen molar-refractivity contribution < 1.29 is 14.3 Å². The van der Waals surface area contributed by atoms with Crippen LogP contribution in [0.2, 0.25) is 10.0 Å². The Hall–Kier alpha value is -1.76. The Bertz CT molecular complexity index is 864. The smallest absolute Gasteiger partial charge is 0.261 e. The predicted octanol–water partition coefficient (Wildman–Crippen LogP) is 5.08. The molecule has 2 amide bonds. The zero-order valence-corrected chi connectivity index (χ0v) is 19.4. The van der Waals surface area contributed by atoms with E-state index in [4.69, 9.17) is 27.9 Å². The van der Waals surface area contributed by atoms with Gasteiger partial charge in [-0.2, -0.15) is 0 Å². The molecule has 0 spiro atoms. The lowest BCUT2D eigenvalue weighted by Gasteiger charge is -2.30. The molecular formula is C21H23BrCl2N2O3. The lowest BCUT2D eigenvalue weighted by molar-refractivity contribution is -0.142. The Morgan fingerprint density at radius 3 is 2.48 bits per heavy atom. The molecule has 1 N–H and O–H groups in total. The van der Waals surface area contributed by atoms with E-state index in [1.807, 2.05) is 32.0 Å². The normalized spacial score (nSPS) is 11.6. The molecule has 0 aliphatic heterocycles. The molecule has 2 rings (SSSR count). The zero-order chi connectivity index (χ0) is 21.4. The summed E-state index contributed by atoms with van der Waals surface area (Å²) in [5.74, 6) is -0.147. The van der Waals surface area contributed by atoms with E-state index >= 15 is 0 Å². The SMILES string of the molecule is CCNC(=O)C(CC)N(Cc1ccccc1Cl)C(=O)COc1ccc(Br)cc1Cl. The number of rotatable bonds is 9. The zero-order valence-electron chi connectivity index (χ0n) is 16.3. The Morgan fingerprint density at radius 1 is 1.14 bits per heavy atom. The second-order valence-electron chi connectivity index (χ2n) is 6.30. The molecule has 0 radical (unpaired) electrons. The third kappa shape index (κ3) is 6.63. The van der Waals surface area contributed by atoms with Crippen LogP contribution in [0.25, 0.3) is 0 Å². The average molecular weight is 502 g/mol. The molecule has 2 aromatic rings. The summed E-state index contributed by atoms with van der Waals surface area (Å²) in [6, 6.07) is 11.8. The highest BCUT2D eigenvalue weighted by atomic mass is 79.9. The van der Waals surface area contributed by atoms with Gasteiger partial charge in [-0.3, -0.25) is 9.59 Å². The maximum absolute atomic E-state index is 13.0. The molecular weight excluding hydrogens is 479 g/mol. The van der Waals surface area contributed by atoms with Gasteiger partial charge in [0.25, 0.3) is 5.91 Å². The molecule has 0 heterocycles. The molecule has 0 bridgehead atoms. The van der Waals surface area contributed by atoms with Gasteiger partial charge in [0.15, 0.2) is 6.61 Å². The molecule has 0 aliphatic carbocycles. The van der Waals surface area contributed by atoms with Crippen LogP contribution in [0, 0.1) is 0 Å². The standard InChI is InChI=1S/C21H23BrCl2N2O3/c1-3-18(21(28)25-4-2)26(12-14-7-5-6-8-16(14)23)20(27)13-29-19-10-9-15(22)11-17(19)24/h5-11,18H,3-4,12-13H2,1-2H3,(H,25,28). The van der Waals surface area contributed by atoms with Crippen LogP contribution in [0.15, 0.2) is 46.9 Å². The number of benzene rings is 2. The lowest BCUT2D eigenvalue weighted by atomic mass is 10.1. The molecule has 0 aromatic heterocycles. The van der Waals surface area contributed by atoms with E-state index < -0.39 is 6.04 Å². The molecule has 1 atom stereocenters. The third-order valence-electron chi connectivity index (χ3n) is 4.28. The van der Waals surface area contributed by atoms with Gasteiger partial charge in [-0.15, -0.1) is 0 Å². The fourth-order valence-electron chi connectivity index (χ4n) is 2.84. The molecule has 2 aromatic carbocycles. The summed E-state index contributed by atoms with van der Waals surface area (Å²) in [5, 5.41) is 3.71. The Balaban J connectivity index is 2.23. The fourth-order valence-corrected chi connectivity index (χ4v) is 3.76. The quantitative estimate of drug-likeness (QED) is 0.521. The maximum Gasteiger partial charge on any atom is 0.261 e. The summed E-state index contributed by atoms with van der Waals surface area (Å²) in [6.45, 7) is 4.13. The molecule has 5 nitrogen and oxygen atoms in total. The highest BCUT2D eigenvalue weighted by Gasteiger charge is 2.29. The van der Waals surface area contributed by atoms with Gasteiger partial charge < -0.3 is 15.0 Å². The van der Waals surface area contributed by atoms with Crippen LogP contribution in [-0.2, 0) is 16.1 Å². The minimum Gasteiger partial charge on any atom is -0.482 e. The second-order valence-corrected chi connectivity index (χ2v) is 8.03. The van der Waals surface area contributed by atoms with Crippen LogP contribution in [0.3, 0.4) is 0 Å². The number of likely N-dealkylation sites (N-methyl/N-ethyl adjacent to an activating group) is 1. The molecule has 156 valence electrons. The summed E-state index contributed by atoms with van der Waals surface area (Å²) in [7, 11) is 0.